The van der Waals surface area contributed by atoms with Gasteiger partial charge in [-0.05, 0) is 42.5 Å². The highest BCUT2D eigenvalue weighted by Crippen LogP contribution is 2.44. The van der Waals surface area contributed by atoms with E-state index in [1.807, 2.05) is 11.9 Å². The van der Waals surface area contributed by atoms with Gasteiger partial charge in [0, 0.05) is 33.9 Å². The SMILES string of the molecule is CN1CCOc2ccc(/C(O)=C3\C(=O)C(=O)N(c4cc(Cl)cc(Cl)c4)C3c3ccccc3F)cc21. The number of benzene rings is 3. The first-order chi connectivity index (χ1) is 16.8. The quantitative estimate of drug-likeness (QED) is 0.281. The van der Waals surface area contributed by atoms with Crippen LogP contribution in [0.3, 0.4) is 0 Å². The third-order valence-electron chi connectivity index (χ3n) is 6.10. The van der Waals surface area contributed by atoms with E-state index in [0.29, 0.717) is 24.5 Å². The van der Waals surface area contributed by atoms with Crippen molar-refractivity contribution >= 4 is 52.0 Å². The Morgan fingerprint density at radius 1 is 1.06 bits per heavy atom. The van der Waals surface area contributed by atoms with E-state index in [4.69, 9.17) is 27.9 Å². The van der Waals surface area contributed by atoms with Crippen LogP contribution in [0.2, 0.25) is 10.0 Å². The molecule has 0 saturated carbocycles. The average Bonchev–Trinajstić information content (AvgIpc) is 3.08. The molecule has 3 aromatic carbocycles. The lowest BCUT2D eigenvalue weighted by Gasteiger charge is -2.28. The molecule has 2 heterocycles. The van der Waals surface area contributed by atoms with Crippen molar-refractivity contribution in [2.24, 2.45) is 0 Å². The summed E-state index contributed by atoms with van der Waals surface area (Å²) in [6.07, 6.45) is 0. The number of amides is 1. The van der Waals surface area contributed by atoms with Gasteiger partial charge in [0.05, 0.1) is 23.8 Å². The van der Waals surface area contributed by atoms with Gasteiger partial charge in [0.2, 0.25) is 0 Å². The summed E-state index contributed by atoms with van der Waals surface area (Å²) in [6.45, 7) is 1.17. The molecule has 1 unspecified atom stereocenters. The van der Waals surface area contributed by atoms with Crippen LogP contribution in [0.1, 0.15) is 17.2 Å². The molecule has 35 heavy (non-hydrogen) atoms. The van der Waals surface area contributed by atoms with Gasteiger partial charge < -0.3 is 14.7 Å². The predicted molar refractivity (Wildman–Crippen MR) is 133 cm³/mol. The van der Waals surface area contributed by atoms with Gasteiger partial charge in [-0.15, -0.1) is 0 Å². The molecule has 2 aliphatic heterocycles. The zero-order valence-corrected chi connectivity index (χ0v) is 20.0. The molecule has 0 aliphatic carbocycles. The average molecular weight is 513 g/mol. The number of carbonyl (C=O) groups excluding carboxylic acids is 2. The number of nitrogens with zero attached hydrogens (tertiary/aromatic N) is 2. The number of fused-ring (bicyclic) bond motifs is 1. The Morgan fingerprint density at radius 2 is 1.77 bits per heavy atom. The fourth-order valence-electron chi connectivity index (χ4n) is 4.42. The summed E-state index contributed by atoms with van der Waals surface area (Å²) < 4.78 is 20.7. The van der Waals surface area contributed by atoms with E-state index in [1.54, 1.807) is 24.3 Å². The molecule has 9 heteroatoms. The Kier molecular flexibility index (Phi) is 5.91. The van der Waals surface area contributed by atoms with Crippen molar-refractivity contribution in [3.8, 4) is 5.75 Å². The van der Waals surface area contributed by atoms with Crippen LogP contribution in [-0.4, -0.2) is 37.0 Å². The van der Waals surface area contributed by atoms with E-state index < -0.39 is 29.3 Å². The van der Waals surface area contributed by atoms with E-state index in [9.17, 15) is 14.7 Å². The van der Waals surface area contributed by atoms with Crippen molar-refractivity contribution in [2.45, 2.75) is 6.04 Å². The van der Waals surface area contributed by atoms with Gasteiger partial charge in [-0.1, -0.05) is 41.4 Å². The van der Waals surface area contributed by atoms with E-state index >= 15 is 4.39 Å². The number of rotatable bonds is 3. The Balaban J connectivity index is 1.73. The zero-order valence-electron chi connectivity index (χ0n) is 18.5. The van der Waals surface area contributed by atoms with Crippen molar-refractivity contribution < 1.29 is 23.8 Å². The molecular weight excluding hydrogens is 494 g/mol. The van der Waals surface area contributed by atoms with Crippen LogP contribution in [0, 0.1) is 5.82 Å². The van der Waals surface area contributed by atoms with Crippen LogP contribution in [0.25, 0.3) is 5.76 Å². The number of hydrogen-bond donors (Lipinski definition) is 1. The standard InChI is InChI=1S/C26H19Cl2FN2O4/c1-30-8-9-35-21-7-6-14(10-20(21)30)24(32)22-23(18-4-2-3-5-19(18)29)31(26(34)25(22)33)17-12-15(27)11-16(28)13-17/h2-7,10-13,23,32H,8-9H2,1H3/b24-22+. The minimum absolute atomic E-state index is 0.0442. The van der Waals surface area contributed by atoms with Gasteiger partial charge in [0.25, 0.3) is 11.7 Å². The second kappa shape index (κ2) is 8.91. The summed E-state index contributed by atoms with van der Waals surface area (Å²) >= 11 is 12.3. The molecule has 178 valence electrons. The summed E-state index contributed by atoms with van der Waals surface area (Å²) in [4.78, 5) is 29.6. The van der Waals surface area contributed by atoms with Crippen molar-refractivity contribution in [3.63, 3.8) is 0 Å². The lowest BCUT2D eigenvalue weighted by atomic mass is 9.94. The van der Waals surface area contributed by atoms with Crippen molar-refractivity contribution in [1.29, 1.82) is 0 Å². The predicted octanol–water partition coefficient (Wildman–Crippen LogP) is 5.59. The van der Waals surface area contributed by atoms with E-state index in [-0.39, 0.29) is 26.9 Å². The fourth-order valence-corrected chi connectivity index (χ4v) is 4.94. The molecule has 5 rings (SSSR count). The van der Waals surface area contributed by atoms with Gasteiger partial charge in [-0.25, -0.2) is 4.39 Å². The number of likely N-dealkylation sites (N-methyl/N-ethyl adjacent to an activating group) is 1. The molecule has 0 aromatic heterocycles. The molecule has 1 saturated heterocycles. The highest BCUT2D eigenvalue weighted by Gasteiger charge is 2.48. The van der Waals surface area contributed by atoms with Crippen molar-refractivity contribution in [2.75, 3.05) is 30.0 Å². The van der Waals surface area contributed by atoms with Crippen LogP contribution in [0.15, 0.2) is 66.2 Å². The first kappa shape index (κ1) is 23.2. The van der Waals surface area contributed by atoms with E-state index in [2.05, 4.69) is 0 Å². The molecule has 1 amide bonds. The van der Waals surface area contributed by atoms with Gasteiger partial charge in [0.15, 0.2) is 0 Å². The minimum Gasteiger partial charge on any atom is -0.507 e. The normalized spacial score (nSPS) is 19.0. The molecule has 0 spiro atoms. The maximum Gasteiger partial charge on any atom is 0.300 e. The summed E-state index contributed by atoms with van der Waals surface area (Å²) in [7, 11) is 1.88. The lowest BCUT2D eigenvalue weighted by molar-refractivity contribution is -0.132. The monoisotopic (exact) mass is 512 g/mol. The zero-order chi connectivity index (χ0) is 24.9. The van der Waals surface area contributed by atoms with Crippen LogP contribution in [0.5, 0.6) is 5.75 Å². The van der Waals surface area contributed by atoms with Crippen LogP contribution >= 0.6 is 23.2 Å². The van der Waals surface area contributed by atoms with Gasteiger partial charge >= 0.3 is 0 Å². The fraction of sp³-hybridized carbons (Fsp3) is 0.154. The number of ketones is 1. The minimum atomic E-state index is -1.24. The molecule has 1 fully saturated rings. The molecule has 1 N–H and O–H groups in total. The van der Waals surface area contributed by atoms with E-state index in [0.717, 1.165) is 10.6 Å². The van der Waals surface area contributed by atoms with Crippen molar-refractivity contribution in [3.05, 3.63) is 93.2 Å². The molecule has 0 radical (unpaired) electrons. The van der Waals surface area contributed by atoms with E-state index in [1.165, 1.54) is 36.4 Å². The number of halogens is 3. The van der Waals surface area contributed by atoms with Gasteiger partial charge in [-0.3, -0.25) is 14.5 Å². The highest BCUT2D eigenvalue weighted by atomic mass is 35.5. The first-order valence-electron chi connectivity index (χ1n) is 10.8. The van der Waals surface area contributed by atoms with Gasteiger partial charge in [0.1, 0.15) is 23.9 Å². The first-order valence-corrected chi connectivity index (χ1v) is 11.5. The Bertz CT molecular complexity index is 1390. The number of hydrogen-bond acceptors (Lipinski definition) is 5. The summed E-state index contributed by atoms with van der Waals surface area (Å²) in [5.74, 6) is -2.31. The Morgan fingerprint density at radius 3 is 2.49 bits per heavy atom. The Hall–Kier alpha value is -3.55. The smallest absolute Gasteiger partial charge is 0.300 e. The number of ether oxygens (including phenoxy) is 1. The third-order valence-corrected chi connectivity index (χ3v) is 6.53. The summed E-state index contributed by atoms with van der Waals surface area (Å²) in [6, 6.07) is 13.9. The molecule has 2 aliphatic rings. The third kappa shape index (κ3) is 4.00. The molecule has 1 atom stereocenters. The number of carbonyl (C=O) groups is 2. The second-order valence-corrected chi connectivity index (χ2v) is 9.14. The van der Waals surface area contributed by atoms with Crippen LogP contribution in [-0.2, 0) is 9.59 Å². The largest absolute Gasteiger partial charge is 0.507 e. The summed E-state index contributed by atoms with van der Waals surface area (Å²) in [5, 5.41) is 11.8. The number of aliphatic hydroxyl groups is 1. The highest BCUT2D eigenvalue weighted by molar-refractivity contribution is 6.52. The molecule has 3 aromatic rings. The van der Waals surface area contributed by atoms with Crippen LogP contribution in [0.4, 0.5) is 15.8 Å². The maximum absolute atomic E-state index is 15.0. The maximum atomic E-state index is 15.0. The molecule has 0 bridgehead atoms. The summed E-state index contributed by atoms with van der Waals surface area (Å²) in [5.41, 5.74) is 1.02. The van der Waals surface area contributed by atoms with Crippen LogP contribution < -0.4 is 14.5 Å². The molecular formula is C26H19Cl2FN2O4. The number of aliphatic hydroxyl groups excluding tert-OH is 1. The Labute approximate surface area is 210 Å². The number of Topliss-reactive ketones (excluding diaryl/α,β-unsaturated/α-hetero) is 1. The number of anilines is 2. The van der Waals surface area contributed by atoms with Crippen molar-refractivity contribution in [1.82, 2.24) is 0 Å². The molecule has 6 nitrogen and oxygen atoms in total. The van der Waals surface area contributed by atoms with Gasteiger partial charge in [-0.2, -0.15) is 0 Å². The topological polar surface area (TPSA) is 70.1 Å². The second-order valence-electron chi connectivity index (χ2n) is 8.27. The lowest BCUT2D eigenvalue weighted by Crippen LogP contribution is -2.29.